The minimum absolute atomic E-state index is 0.0626. The number of hydrogen-bond acceptors (Lipinski definition) is 4. The number of carbonyl (C=O) groups excluding carboxylic acids is 1. The van der Waals surface area contributed by atoms with Crippen LogP contribution in [0.15, 0.2) is 36.5 Å². The molecular formula is C21H22ClN5O. The third-order valence-electron chi connectivity index (χ3n) is 4.74. The predicted octanol–water partition coefficient (Wildman–Crippen LogP) is 3.32. The highest BCUT2D eigenvalue weighted by Gasteiger charge is 2.39. The molecule has 0 bridgehead atoms. The Balaban J connectivity index is 1.78. The van der Waals surface area contributed by atoms with Crippen molar-refractivity contribution in [1.29, 1.82) is 5.41 Å². The largest absolute Gasteiger partial charge is 0.379 e. The maximum atomic E-state index is 12.2. The molecule has 1 aromatic carbocycles. The van der Waals surface area contributed by atoms with Gasteiger partial charge in [0.15, 0.2) is 5.96 Å². The Kier molecular flexibility index (Phi) is 5.57. The molecule has 1 aliphatic rings. The van der Waals surface area contributed by atoms with Gasteiger partial charge < -0.3 is 10.6 Å². The van der Waals surface area contributed by atoms with Gasteiger partial charge in [-0.3, -0.25) is 20.1 Å². The number of halogens is 1. The quantitative estimate of drug-likeness (QED) is 0.694. The van der Waals surface area contributed by atoms with Gasteiger partial charge in [0.1, 0.15) is 0 Å². The number of pyridine rings is 1. The summed E-state index contributed by atoms with van der Waals surface area (Å²) in [5.74, 6) is 5.76. The van der Waals surface area contributed by atoms with Crippen molar-refractivity contribution in [3.05, 3.63) is 58.4 Å². The van der Waals surface area contributed by atoms with Crippen molar-refractivity contribution < 1.29 is 4.79 Å². The molecule has 3 N–H and O–H groups in total. The first-order chi connectivity index (χ1) is 13.3. The molecule has 3 rings (SSSR count). The average Bonchev–Trinajstić information content (AvgIpc) is 2.66. The lowest BCUT2D eigenvalue weighted by Gasteiger charge is -2.40. The molecule has 1 atom stereocenters. The van der Waals surface area contributed by atoms with Crippen LogP contribution in [0.25, 0.3) is 0 Å². The van der Waals surface area contributed by atoms with E-state index in [0.717, 1.165) is 22.5 Å². The van der Waals surface area contributed by atoms with Crippen LogP contribution in [0.5, 0.6) is 0 Å². The van der Waals surface area contributed by atoms with Crippen molar-refractivity contribution in [3.63, 3.8) is 0 Å². The minimum atomic E-state index is -0.742. The average molecular weight is 396 g/mol. The monoisotopic (exact) mass is 395 g/mol. The van der Waals surface area contributed by atoms with Crippen LogP contribution in [0.3, 0.4) is 0 Å². The van der Waals surface area contributed by atoms with Gasteiger partial charge in [-0.05, 0) is 49.7 Å². The van der Waals surface area contributed by atoms with Gasteiger partial charge in [0.05, 0.1) is 24.2 Å². The number of rotatable bonds is 4. The van der Waals surface area contributed by atoms with Crippen LogP contribution in [0.1, 0.15) is 37.1 Å². The van der Waals surface area contributed by atoms with Gasteiger partial charge in [-0.2, -0.15) is 0 Å². The predicted molar refractivity (Wildman–Crippen MR) is 111 cm³/mol. The highest BCUT2D eigenvalue weighted by atomic mass is 35.5. The standard InChI is InChI=1S/C21H22ClN5O/c1-4-5-14-6-7-16(24-12-14)13-25-15-8-9-18(22)17(10-15)21(2)11-19(28)27(3)20(23)26-21/h6-10,12,25H,11,13H2,1-3H3,(H2,23,26). The first-order valence-electron chi connectivity index (χ1n) is 8.87. The molecule has 1 fully saturated rings. The second kappa shape index (κ2) is 7.91. The van der Waals surface area contributed by atoms with Gasteiger partial charge >= 0.3 is 0 Å². The Morgan fingerprint density at radius 1 is 1.39 bits per heavy atom. The van der Waals surface area contributed by atoms with Crippen molar-refractivity contribution in [3.8, 4) is 11.8 Å². The van der Waals surface area contributed by atoms with E-state index in [0.29, 0.717) is 11.6 Å². The number of anilines is 1. The molecule has 0 spiro atoms. The molecule has 7 heteroatoms. The maximum absolute atomic E-state index is 12.2. The summed E-state index contributed by atoms with van der Waals surface area (Å²) in [5.41, 5.74) is 2.66. The van der Waals surface area contributed by atoms with Crippen molar-refractivity contribution in [2.75, 3.05) is 12.4 Å². The summed E-state index contributed by atoms with van der Waals surface area (Å²) in [6.07, 6.45) is 1.97. The number of carbonyl (C=O) groups is 1. The second-order valence-electron chi connectivity index (χ2n) is 6.90. The zero-order valence-corrected chi connectivity index (χ0v) is 16.8. The second-order valence-corrected chi connectivity index (χ2v) is 7.30. The molecule has 144 valence electrons. The van der Waals surface area contributed by atoms with Crippen LogP contribution in [0.2, 0.25) is 5.02 Å². The summed E-state index contributed by atoms with van der Waals surface area (Å²) in [6, 6.07) is 9.47. The smallest absolute Gasteiger partial charge is 0.231 e. The first-order valence-corrected chi connectivity index (χ1v) is 9.25. The van der Waals surface area contributed by atoms with Gasteiger partial charge in [-0.15, -0.1) is 5.92 Å². The molecular weight excluding hydrogens is 374 g/mol. The summed E-state index contributed by atoms with van der Waals surface area (Å²) < 4.78 is 0. The molecule has 28 heavy (non-hydrogen) atoms. The number of nitrogens with zero attached hydrogens (tertiary/aromatic N) is 2. The zero-order valence-electron chi connectivity index (χ0n) is 16.1. The zero-order chi connectivity index (χ0) is 20.3. The molecule has 6 nitrogen and oxygen atoms in total. The van der Waals surface area contributed by atoms with E-state index in [1.54, 1.807) is 26.2 Å². The van der Waals surface area contributed by atoms with Crippen molar-refractivity contribution in [2.45, 2.75) is 32.4 Å². The third-order valence-corrected chi connectivity index (χ3v) is 5.07. The fourth-order valence-corrected chi connectivity index (χ4v) is 3.42. The van der Waals surface area contributed by atoms with E-state index in [1.165, 1.54) is 4.90 Å². The molecule has 0 saturated carbocycles. The molecule has 2 heterocycles. The summed E-state index contributed by atoms with van der Waals surface area (Å²) in [7, 11) is 1.58. The van der Waals surface area contributed by atoms with Crippen molar-refractivity contribution >= 4 is 29.2 Å². The molecule has 1 unspecified atom stereocenters. The fourth-order valence-electron chi connectivity index (χ4n) is 3.10. The Morgan fingerprint density at radius 2 is 2.18 bits per heavy atom. The summed E-state index contributed by atoms with van der Waals surface area (Å²) in [4.78, 5) is 17.9. The fraction of sp³-hybridized carbons (Fsp3) is 0.286. The van der Waals surface area contributed by atoms with E-state index >= 15 is 0 Å². The Morgan fingerprint density at radius 3 is 2.82 bits per heavy atom. The SMILES string of the molecule is CC#Cc1ccc(CNc2ccc(Cl)c(C3(C)CC(=O)N(C)C(=N)N3)c2)nc1. The van der Waals surface area contributed by atoms with Gasteiger partial charge in [-0.25, -0.2) is 0 Å². The van der Waals surface area contributed by atoms with E-state index < -0.39 is 5.54 Å². The Labute approximate surface area is 169 Å². The molecule has 1 aromatic heterocycles. The number of hydrogen-bond donors (Lipinski definition) is 3. The summed E-state index contributed by atoms with van der Waals surface area (Å²) in [6.45, 7) is 4.22. The molecule has 2 aromatic rings. The highest BCUT2D eigenvalue weighted by molar-refractivity contribution is 6.31. The number of benzene rings is 1. The molecule has 1 saturated heterocycles. The molecule has 0 radical (unpaired) electrons. The van der Waals surface area contributed by atoms with Crippen LogP contribution in [0.4, 0.5) is 5.69 Å². The minimum Gasteiger partial charge on any atom is -0.379 e. The van der Waals surface area contributed by atoms with Crippen LogP contribution < -0.4 is 10.6 Å². The van der Waals surface area contributed by atoms with Gasteiger partial charge in [-0.1, -0.05) is 17.5 Å². The van der Waals surface area contributed by atoms with Gasteiger partial charge in [0.25, 0.3) is 0 Å². The van der Waals surface area contributed by atoms with Gasteiger partial charge in [0.2, 0.25) is 5.91 Å². The highest BCUT2D eigenvalue weighted by Crippen LogP contribution is 2.35. The lowest BCUT2D eigenvalue weighted by atomic mass is 9.86. The maximum Gasteiger partial charge on any atom is 0.231 e. The lowest BCUT2D eigenvalue weighted by molar-refractivity contribution is -0.129. The molecule has 0 aliphatic carbocycles. The number of aromatic nitrogens is 1. The lowest BCUT2D eigenvalue weighted by Crippen LogP contribution is -2.58. The van der Waals surface area contributed by atoms with E-state index in [-0.39, 0.29) is 18.3 Å². The van der Waals surface area contributed by atoms with Crippen molar-refractivity contribution in [2.24, 2.45) is 0 Å². The van der Waals surface area contributed by atoms with Crippen LogP contribution in [-0.2, 0) is 16.9 Å². The van der Waals surface area contributed by atoms with Crippen LogP contribution in [-0.4, -0.2) is 28.8 Å². The first kappa shape index (κ1) is 19.7. The Bertz CT molecular complexity index is 957. The number of amides is 1. The number of guanidine groups is 1. The van der Waals surface area contributed by atoms with E-state index in [4.69, 9.17) is 17.0 Å². The Hall–Kier alpha value is -3.04. The summed E-state index contributed by atoms with van der Waals surface area (Å²) >= 11 is 6.43. The van der Waals surface area contributed by atoms with Crippen LogP contribution >= 0.6 is 11.6 Å². The van der Waals surface area contributed by atoms with E-state index in [1.807, 2.05) is 31.2 Å². The van der Waals surface area contributed by atoms with Gasteiger partial charge in [0, 0.05) is 29.5 Å². The molecule has 1 amide bonds. The number of nitrogens with one attached hydrogen (secondary N) is 3. The van der Waals surface area contributed by atoms with Crippen molar-refractivity contribution in [1.82, 2.24) is 15.2 Å². The molecule has 1 aliphatic heterocycles. The van der Waals surface area contributed by atoms with E-state index in [2.05, 4.69) is 27.5 Å². The summed E-state index contributed by atoms with van der Waals surface area (Å²) in [5, 5.41) is 15.0. The third kappa shape index (κ3) is 4.10. The van der Waals surface area contributed by atoms with Crippen LogP contribution in [0, 0.1) is 17.3 Å². The normalized spacial score (nSPS) is 18.9. The topological polar surface area (TPSA) is 81.1 Å². The van der Waals surface area contributed by atoms with E-state index in [9.17, 15) is 4.79 Å².